The van der Waals surface area contributed by atoms with Crippen LogP contribution in [0.2, 0.25) is 0 Å². The van der Waals surface area contributed by atoms with Gasteiger partial charge in [0.1, 0.15) is 0 Å². The summed E-state index contributed by atoms with van der Waals surface area (Å²) in [5, 5.41) is 28.6. The second-order valence-corrected chi connectivity index (χ2v) is 15.2. The molecule has 0 saturated carbocycles. The van der Waals surface area contributed by atoms with Gasteiger partial charge >= 0.3 is 0 Å². The topological polar surface area (TPSA) is 58.5 Å². The molecule has 0 radical (unpaired) electrons. The average molecular weight is 842 g/mol. The Bertz CT molecular complexity index is 3270. The number of hydrogen-bond donors (Lipinski definition) is 0. The third-order valence-corrected chi connectivity index (χ3v) is 11.6. The molecule has 0 spiro atoms. The van der Waals surface area contributed by atoms with E-state index in [1.807, 2.05) is 114 Å². The Morgan fingerprint density at radius 3 is 1.11 bits per heavy atom. The monoisotopic (exact) mass is 841 g/mol. The van der Waals surface area contributed by atoms with Gasteiger partial charge in [0.25, 0.3) is 0 Å². The predicted molar refractivity (Wildman–Crippen MR) is 278 cm³/mol. The first-order valence-electron chi connectivity index (χ1n) is 22.4. The second-order valence-electron chi connectivity index (χ2n) is 15.2. The maximum atomic E-state index is 9.48. The van der Waals surface area contributed by atoms with Crippen LogP contribution in [0, 0.1) is 22.7 Å². The molecule has 9 aromatic carbocycles. The van der Waals surface area contributed by atoms with Crippen molar-refractivity contribution < 1.29 is 0 Å². The van der Waals surface area contributed by atoms with Crippen LogP contribution >= 0.6 is 0 Å². The third kappa shape index (κ3) is 8.09. The van der Waals surface area contributed by atoms with E-state index in [-0.39, 0.29) is 0 Å². The Labute approximate surface area is 381 Å². The number of fused-ring (bicyclic) bond motifs is 8. The lowest BCUT2D eigenvalue weighted by Gasteiger charge is -2.26. The van der Waals surface area contributed by atoms with E-state index in [1.54, 1.807) is 0 Å². The minimum absolute atomic E-state index is 0.634. The van der Waals surface area contributed by atoms with Crippen molar-refractivity contribution >= 4 is 93.8 Å². The first-order valence-corrected chi connectivity index (χ1v) is 22.4. The smallest absolute Gasteiger partial charge is 0.0991 e. The van der Waals surface area contributed by atoms with Gasteiger partial charge in [-0.2, -0.15) is 10.5 Å². The molecule has 0 N–H and O–H groups in total. The van der Waals surface area contributed by atoms with Crippen LogP contribution in [-0.2, 0) is 0 Å². The fourth-order valence-corrected chi connectivity index (χ4v) is 8.63. The minimum Gasteiger partial charge on any atom is -0.310 e. The lowest BCUT2D eigenvalue weighted by atomic mass is 10.0. The highest BCUT2D eigenvalue weighted by molar-refractivity contribution is 6.26. The van der Waals surface area contributed by atoms with Gasteiger partial charge in [-0.15, -0.1) is 0 Å². The number of para-hydroxylation sites is 3. The van der Waals surface area contributed by atoms with Crippen molar-refractivity contribution in [1.82, 2.24) is 4.40 Å². The SMILES string of the molecule is C/C=C\C.CC.CC.N#Cc1ccc(N(c2ccccc2)c2ccc3cc4c5cccc6c7cc8ccc(N(c9ccccc9)c9ccc(C#N)cc9)cc8cc7n(c4cc3c2)c56)cc1. The van der Waals surface area contributed by atoms with Crippen LogP contribution in [-0.4, -0.2) is 4.40 Å². The summed E-state index contributed by atoms with van der Waals surface area (Å²) in [6, 6.07) is 70.2. The van der Waals surface area contributed by atoms with Gasteiger partial charge in [-0.1, -0.05) is 107 Å². The number of hydrogen-bond acceptors (Lipinski definition) is 4. The van der Waals surface area contributed by atoms with Crippen molar-refractivity contribution in [2.75, 3.05) is 9.80 Å². The molecule has 0 saturated heterocycles. The molecule has 0 amide bonds. The molecule has 0 aliphatic heterocycles. The van der Waals surface area contributed by atoms with Crippen LogP contribution in [0.1, 0.15) is 52.7 Å². The van der Waals surface area contributed by atoms with Gasteiger partial charge in [-0.25, -0.2) is 0 Å². The molecule has 2 heterocycles. The van der Waals surface area contributed by atoms with Crippen LogP contribution in [0.5, 0.6) is 0 Å². The predicted octanol–water partition coefficient (Wildman–Crippen LogP) is 17.5. The molecule has 5 nitrogen and oxygen atoms in total. The van der Waals surface area contributed by atoms with E-state index in [0.29, 0.717) is 11.1 Å². The molecule has 5 heteroatoms. The van der Waals surface area contributed by atoms with Crippen molar-refractivity contribution in [1.29, 1.82) is 10.5 Å². The van der Waals surface area contributed by atoms with Gasteiger partial charge in [0, 0.05) is 55.7 Å². The molecule has 11 rings (SSSR count). The number of aromatic nitrogens is 1. The van der Waals surface area contributed by atoms with E-state index in [1.165, 1.54) is 48.9 Å². The van der Waals surface area contributed by atoms with E-state index in [0.717, 1.165) is 44.9 Å². The summed E-state index contributed by atoms with van der Waals surface area (Å²) in [6.45, 7) is 12.0. The number of benzene rings is 9. The van der Waals surface area contributed by atoms with Crippen molar-refractivity contribution in [2.24, 2.45) is 0 Å². The quantitative estimate of drug-likeness (QED) is 0.157. The minimum atomic E-state index is 0.634. The van der Waals surface area contributed by atoms with Gasteiger partial charge in [-0.05, 0) is 157 Å². The van der Waals surface area contributed by atoms with Gasteiger partial charge in [0.15, 0.2) is 0 Å². The normalized spacial score (nSPS) is 10.8. The van der Waals surface area contributed by atoms with E-state index >= 15 is 0 Å². The average Bonchev–Trinajstić information content (AvgIpc) is 3.88. The second kappa shape index (κ2) is 19.3. The van der Waals surface area contributed by atoms with E-state index < -0.39 is 0 Å². The van der Waals surface area contributed by atoms with Crippen molar-refractivity contribution in [3.05, 3.63) is 211 Å². The number of nitriles is 2. The molecule has 0 unspecified atom stereocenters. The summed E-state index contributed by atoms with van der Waals surface area (Å²) in [7, 11) is 0. The molecule has 0 atom stereocenters. The van der Waals surface area contributed by atoms with Gasteiger partial charge in [-0.3, -0.25) is 0 Å². The Kier molecular flexibility index (Phi) is 12.9. The Morgan fingerprint density at radius 2 is 0.738 bits per heavy atom. The zero-order valence-electron chi connectivity index (χ0n) is 37.8. The van der Waals surface area contributed by atoms with Gasteiger partial charge in [0.05, 0.1) is 39.8 Å². The van der Waals surface area contributed by atoms with Crippen LogP contribution in [0.3, 0.4) is 0 Å². The van der Waals surface area contributed by atoms with Gasteiger partial charge in [0.2, 0.25) is 0 Å². The third-order valence-electron chi connectivity index (χ3n) is 11.6. The molecular weight excluding hydrogens is 791 g/mol. The summed E-state index contributed by atoms with van der Waals surface area (Å²) in [4.78, 5) is 4.48. The first-order chi connectivity index (χ1) is 32.1. The molecule has 316 valence electrons. The summed E-state index contributed by atoms with van der Waals surface area (Å²) < 4.78 is 2.46. The Morgan fingerprint density at radius 1 is 0.369 bits per heavy atom. The molecule has 2 aromatic heterocycles. The lowest BCUT2D eigenvalue weighted by Crippen LogP contribution is -2.09. The molecule has 65 heavy (non-hydrogen) atoms. The standard InChI is InChI=1S/C52H31N5.C4H8.2C2H6/c53-32-34-14-20-42(21-15-34)55(40-8-3-1-4-9-40)44-24-18-36-28-48-46-12-7-13-47-49-29-37-19-25-45(27-39(37)31-51(49)57(52(46)47)50(48)30-38(36)26-44)56(41-10-5-2-6-11-41)43-22-16-35(33-54)17-23-43;1-3-4-2;2*1-2/h1-31H;3-4H,1-2H3;2*1-2H3/b;4-3-;;. The van der Waals surface area contributed by atoms with Crippen LogP contribution < -0.4 is 9.80 Å². The molecule has 11 aromatic rings. The molecule has 0 fully saturated rings. The Balaban J connectivity index is 0.000000676. The molecule has 0 aliphatic rings. The molecular formula is C60H51N5. The van der Waals surface area contributed by atoms with Crippen LogP contribution in [0.15, 0.2) is 200 Å². The Hall–Kier alpha value is -8.38. The highest BCUT2D eigenvalue weighted by Crippen LogP contribution is 2.44. The molecule has 0 bridgehead atoms. The zero-order chi connectivity index (χ0) is 45.5. The summed E-state index contributed by atoms with van der Waals surface area (Å²) in [5.41, 5.74) is 11.0. The van der Waals surface area contributed by atoms with Crippen LogP contribution in [0.4, 0.5) is 34.1 Å². The number of nitrogens with zero attached hydrogens (tertiary/aromatic N) is 5. The van der Waals surface area contributed by atoms with Crippen molar-refractivity contribution in [3.63, 3.8) is 0 Å². The van der Waals surface area contributed by atoms with E-state index in [4.69, 9.17) is 0 Å². The van der Waals surface area contributed by atoms with Gasteiger partial charge < -0.3 is 14.2 Å². The summed E-state index contributed by atoms with van der Waals surface area (Å²) in [6.07, 6.45) is 4.00. The van der Waals surface area contributed by atoms with Crippen molar-refractivity contribution in [3.8, 4) is 12.1 Å². The molecule has 0 aliphatic carbocycles. The maximum Gasteiger partial charge on any atom is 0.0991 e. The fraction of sp³-hybridized carbons (Fsp3) is 0.100. The fourth-order valence-electron chi connectivity index (χ4n) is 8.63. The highest BCUT2D eigenvalue weighted by atomic mass is 15.1. The zero-order valence-corrected chi connectivity index (χ0v) is 37.8. The maximum absolute atomic E-state index is 9.48. The summed E-state index contributed by atoms with van der Waals surface area (Å²) in [5.74, 6) is 0. The van der Waals surface area contributed by atoms with E-state index in [9.17, 15) is 10.5 Å². The highest BCUT2D eigenvalue weighted by Gasteiger charge is 2.20. The summed E-state index contributed by atoms with van der Waals surface area (Å²) >= 11 is 0. The van der Waals surface area contributed by atoms with Crippen LogP contribution in [0.25, 0.3) is 59.6 Å². The number of rotatable bonds is 6. The van der Waals surface area contributed by atoms with E-state index in [2.05, 4.69) is 154 Å². The first kappa shape index (κ1) is 43.3. The number of allylic oxidation sites excluding steroid dienone is 2. The number of anilines is 6. The largest absolute Gasteiger partial charge is 0.310 e. The lowest BCUT2D eigenvalue weighted by molar-refractivity contribution is 1.28. The van der Waals surface area contributed by atoms with Crippen molar-refractivity contribution in [2.45, 2.75) is 41.5 Å².